The Kier molecular flexibility index (Phi) is 2.87. The summed E-state index contributed by atoms with van der Waals surface area (Å²) in [6.45, 7) is 1.73. The number of carbonyl (C=O) groups excluding carboxylic acids is 1. The molecule has 0 saturated heterocycles. The van der Waals surface area contributed by atoms with Crippen molar-refractivity contribution in [2.24, 2.45) is 0 Å². The first-order valence-corrected chi connectivity index (χ1v) is 6.24. The standard InChI is InChI=1S/C12H12ClN5O/c13-10-2-1-8(14)5-9(10)12(19)17-3-4-18-7-15-16-11(18)6-17/h1-2,5,7H,3-4,6,14H2. The van der Waals surface area contributed by atoms with Gasteiger partial charge in [0.1, 0.15) is 6.33 Å². The number of anilines is 1. The number of hydrogen-bond acceptors (Lipinski definition) is 4. The predicted molar refractivity (Wildman–Crippen MR) is 70.6 cm³/mol. The number of carbonyl (C=O) groups is 1. The van der Waals surface area contributed by atoms with Crippen molar-refractivity contribution in [3.63, 3.8) is 0 Å². The summed E-state index contributed by atoms with van der Waals surface area (Å²) in [7, 11) is 0. The van der Waals surface area contributed by atoms with E-state index < -0.39 is 0 Å². The maximum atomic E-state index is 12.4. The highest BCUT2D eigenvalue weighted by Crippen LogP contribution is 2.22. The van der Waals surface area contributed by atoms with Crippen LogP contribution in [-0.4, -0.2) is 32.1 Å². The summed E-state index contributed by atoms with van der Waals surface area (Å²) < 4.78 is 1.94. The van der Waals surface area contributed by atoms with Crippen LogP contribution in [0.25, 0.3) is 0 Å². The Bertz CT molecular complexity index is 639. The maximum Gasteiger partial charge on any atom is 0.255 e. The van der Waals surface area contributed by atoms with Crippen LogP contribution < -0.4 is 5.73 Å². The highest BCUT2D eigenvalue weighted by molar-refractivity contribution is 6.34. The molecule has 1 aliphatic rings. The highest BCUT2D eigenvalue weighted by Gasteiger charge is 2.24. The monoisotopic (exact) mass is 277 g/mol. The molecule has 0 fully saturated rings. The number of fused-ring (bicyclic) bond motifs is 1. The van der Waals surface area contributed by atoms with E-state index in [1.807, 2.05) is 4.57 Å². The second kappa shape index (κ2) is 4.55. The Hall–Kier alpha value is -2.08. The molecule has 0 aliphatic carbocycles. The summed E-state index contributed by atoms with van der Waals surface area (Å²) in [5.74, 6) is 0.645. The lowest BCUT2D eigenvalue weighted by Gasteiger charge is -2.27. The molecule has 0 saturated carbocycles. The molecule has 1 aromatic heterocycles. The molecule has 2 aromatic rings. The molecule has 3 rings (SSSR count). The molecule has 0 spiro atoms. The van der Waals surface area contributed by atoms with E-state index in [1.165, 1.54) is 0 Å². The van der Waals surface area contributed by atoms with E-state index in [-0.39, 0.29) is 5.91 Å². The lowest BCUT2D eigenvalue weighted by Crippen LogP contribution is -2.38. The molecule has 0 radical (unpaired) electrons. The zero-order chi connectivity index (χ0) is 13.4. The lowest BCUT2D eigenvalue weighted by atomic mass is 10.1. The number of nitrogen functional groups attached to an aromatic ring is 1. The number of halogens is 1. The molecular weight excluding hydrogens is 266 g/mol. The summed E-state index contributed by atoms with van der Waals surface area (Å²) in [5, 5.41) is 8.22. The van der Waals surface area contributed by atoms with Gasteiger partial charge in [-0.15, -0.1) is 10.2 Å². The zero-order valence-electron chi connectivity index (χ0n) is 10.1. The summed E-state index contributed by atoms with van der Waals surface area (Å²) in [5.41, 5.74) is 6.65. The number of hydrogen-bond donors (Lipinski definition) is 1. The molecule has 19 heavy (non-hydrogen) atoms. The summed E-state index contributed by atoms with van der Waals surface area (Å²) in [4.78, 5) is 14.1. The van der Waals surface area contributed by atoms with Gasteiger partial charge in [0.25, 0.3) is 5.91 Å². The number of rotatable bonds is 1. The van der Waals surface area contributed by atoms with Crippen molar-refractivity contribution in [1.29, 1.82) is 0 Å². The maximum absolute atomic E-state index is 12.4. The van der Waals surface area contributed by atoms with Crippen molar-refractivity contribution >= 4 is 23.2 Å². The van der Waals surface area contributed by atoms with Gasteiger partial charge >= 0.3 is 0 Å². The third kappa shape index (κ3) is 2.15. The van der Waals surface area contributed by atoms with Gasteiger partial charge in [-0.25, -0.2) is 0 Å². The first-order valence-electron chi connectivity index (χ1n) is 5.86. The Labute approximate surface area is 114 Å². The van der Waals surface area contributed by atoms with Crippen molar-refractivity contribution < 1.29 is 4.79 Å². The smallest absolute Gasteiger partial charge is 0.255 e. The Morgan fingerprint density at radius 1 is 1.37 bits per heavy atom. The summed E-state index contributed by atoms with van der Waals surface area (Å²) in [6.07, 6.45) is 1.67. The van der Waals surface area contributed by atoms with Crippen LogP contribution >= 0.6 is 11.6 Å². The molecular formula is C12H12ClN5O. The van der Waals surface area contributed by atoms with Crippen LogP contribution in [0.4, 0.5) is 5.69 Å². The van der Waals surface area contributed by atoms with Crippen molar-refractivity contribution in [3.8, 4) is 0 Å². The molecule has 0 unspecified atom stereocenters. The fraction of sp³-hybridized carbons (Fsp3) is 0.250. The molecule has 7 heteroatoms. The molecule has 98 valence electrons. The van der Waals surface area contributed by atoms with E-state index >= 15 is 0 Å². The molecule has 1 amide bonds. The van der Waals surface area contributed by atoms with Gasteiger partial charge in [-0.05, 0) is 18.2 Å². The normalized spacial score (nSPS) is 14.3. The third-order valence-electron chi connectivity index (χ3n) is 3.15. The Morgan fingerprint density at radius 2 is 2.21 bits per heavy atom. The molecule has 2 N–H and O–H groups in total. The Morgan fingerprint density at radius 3 is 3.05 bits per heavy atom. The number of aromatic nitrogens is 3. The van der Waals surface area contributed by atoms with E-state index in [9.17, 15) is 4.79 Å². The number of nitrogens with two attached hydrogens (primary N) is 1. The lowest BCUT2D eigenvalue weighted by molar-refractivity contribution is 0.0707. The van der Waals surface area contributed by atoms with Crippen LogP contribution in [0, 0.1) is 0 Å². The second-order valence-corrected chi connectivity index (χ2v) is 4.81. The van der Waals surface area contributed by atoms with Crippen LogP contribution in [0.1, 0.15) is 16.2 Å². The van der Waals surface area contributed by atoms with Gasteiger partial charge in [0, 0.05) is 18.8 Å². The van der Waals surface area contributed by atoms with Crippen LogP contribution in [0.2, 0.25) is 5.02 Å². The first kappa shape index (κ1) is 12.0. The van der Waals surface area contributed by atoms with Gasteiger partial charge in [-0.2, -0.15) is 0 Å². The van der Waals surface area contributed by atoms with Gasteiger partial charge in [0.05, 0.1) is 17.1 Å². The third-order valence-corrected chi connectivity index (χ3v) is 3.48. The van der Waals surface area contributed by atoms with Crippen LogP contribution in [0.5, 0.6) is 0 Å². The van der Waals surface area contributed by atoms with E-state index in [4.69, 9.17) is 17.3 Å². The molecule has 2 heterocycles. The Balaban J connectivity index is 1.87. The van der Waals surface area contributed by atoms with Gasteiger partial charge in [-0.1, -0.05) is 11.6 Å². The first-order chi connectivity index (χ1) is 9.15. The molecule has 1 aliphatic heterocycles. The van der Waals surface area contributed by atoms with Crippen molar-refractivity contribution in [2.75, 3.05) is 12.3 Å². The molecule has 1 aromatic carbocycles. The minimum atomic E-state index is -0.133. The fourth-order valence-electron chi connectivity index (χ4n) is 2.12. The number of nitrogens with zero attached hydrogens (tertiary/aromatic N) is 4. The number of benzene rings is 1. The van der Waals surface area contributed by atoms with Gasteiger partial charge in [0.2, 0.25) is 0 Å². The minimum absolute atomic E-state index is 0.133. The average molecular weight is 278 g/mol. The van der Waals surface area contributed by atoms with Crippen LogP contribution in [-0.2, 0) is 13.1 Å². The van der Waals surface area contributed by atoms with Crippen LogP contribution in [0.3, 0.4) is 0 Å². The van der Waals surface area contributed by atoms with E-state index in [0.717, 1.165) is 5.82 Å². The SMILES string of the molecule is Nc1ccc(Cl)c(C(=O)N2CCn3cnnc3C2)c1. The van der Waals surface area contributed by atoms with Crippen molar-refractivity contribution in [3.05, 3.63) is 40.9 Å². The predicted octanol–water partition coefficient (Wildman–Crippen LogP) is 1.17. The van der Waals surface area contributed by atoms with Gasteiger partial charge in [-0.3, -0.25) is 4.79 Å². The average Bonchev–Trinajstić information content (AvgIpc) is 2.88. The van der Waals surface area contributed by atoms with E-state index in [2.05, 4.69) is 10.2 Å². The quantitative estimate of drug-likeness (QED) is 0.794. The van der Waals surface area contributed by atoms with Crippen molar-refractivity contribution in [1.82, 2.24) is 19.7 Å². The van der Waals surface area contributed by atoms with Crippen LogP contribution in [0.15, 0.2) is 24.5 Å². The minimum Gasteiger partial charge on any atom is -0.399 e. The van der Waals surface area contributed by atoms with Gasteiger partial charge in [0.15, 0.2) is 5.82 Å². The summed E-state index contributed by atoms with van der Waals surface area (Å²) >= 11 is 6.05. The van der Waals surface area contributed by atoms with E-state index in [0.29, 0.717) is 35.9 Å². The second-order valence-electron chi connectivity index (χ2n) is 4.41. The zero-order valence-corrected chi connectivity index (χ0v) is 10.8. The fourth-order valence-corrected chi connectivity index (χ4v) is 2.32. The highest BCUT2D eigenvalue weighted by atomic mass is 35.5. The topological polar surface area (TPSA) is 77.0 Å². The molecule has 0 atom stereocenters. The molecule has 6 nitrogen and oxygen atoms in total. The number of amides is 1. The summed E-state index contributed by atoms with van der Waals surface area (Å²) in [6, 6.07) is 4.91. The largest absolute Gasteiger partial charge is 0.399 e. The van der Waals surface area contributed by atoms with Gasteiger partial charge < -0.3 is 15.2 Å². The van der Waals surface area contributed by atoms with Crippen molar-refractivity contribution in [2.45, 2.75) is 13.1 Å². The van der Waals surface area contributed by atoms with E-state index in [1.54, 1.807) is 29.4 Å². The molecule has 0 bridgehead atoms.